The largest absolute Gasteiger partial charge is 0.339 e. The Morgan fingerprint density at radius 3 is 2.67 bits per heavy atom. The Morgan fingerprint density at radius 1 is 1.17 bits per heavy atom. The molecule has 132 valence electrons. The smallest absolute Gasteiger partial charge is 0.230 e. The number of aromatic nitrogens is 2. The zero-order chi connectivity index (χ0) is 16.7. The summed E-state index contributed by atoms with van der Waals surface area (Å²) in [6.45, 7) is 8.04. The number of likely N-dealkylation sites (tertiary alicyclic amines) is 2. The topological polar surface area (TPSA) is 52.2 Å². The highest BCUT2D eigenvalue weighted by molar-refractivity contribution is 5.84. The van der Waals surface area contributed by atoms with Crippen molar-refractivity contribution in [2.24, 2.45) is 5.41 Å². The van der Waals surface area contributed by atoms with Crippen LogP contribution < -0.4 is 0 Å². The lowest BCUT2D eigenvalue weighted by atomic mass is 9.77. The Kier molecular flexibility index (Phi) is 4.15. The van der Waals surface area contributed by atoms with Gasteiger partial charge in [-0.05, 0) is 52.5 Å². The summed E-state index contributed by atoms with van der Waals surface area (Å²) in [5.41, 5.74) is 3.46. The third-order valence-electron chi connectivity index (χ3n) is 6.63. The third-order valence-corrected chi connectivity index (χ3v) is 6.63. The molecule has 1 saturated carbocycles. The molecule has 3 fully saturated rings. The molecular formula is C19H30N4O. The van der Waals surface area contributed by atoms with E-state index < -0.39 is 0 Å². The number of nitrogens with one attached hydrogen (secondary N) is 1. The molecule has 2 saturated heterocycles. The molecule has 4 rings (SSSR count). The Balaban J connectivity index is 1.47. The van der Waals surface area contributed by atoms with Crippen molar-refractivity contribution >= 4 is 5.91 Å². The summed E-state index contributed by atoms with van der Waals surface area (Å²) in [5, 5.41) is 7.40. The van der Waals surface area contributed by atoms with E-state index in [1.54, 1.807) is 0 Å². The van der Waals surface area contributed by atoms with E-state index in [1.807, 2.05) is 0 Å². The standard InChI is InChI=1S/C19H30N4O/c1-14-17(15(2)21-20-14)12-22-11-9-19(13-22)8-5-10-23(18(19)24)16-6-3-4-7-16/h16H,3-13H2,1-2H3,(H,20,21)/t19-/m1/s1. The average molecular weight is 330 g/mol. The summed E-state index contributed by atoms with van der Waals surface area (Å²) in [6, 6.07) is 0.530. The molecule has 1 spiro atoms. The molecule has 1 aromatic heterocycles. The van der Waals surface area contributed by atoms with E-state index in [1.165, 1.54) is 37.7 Å². The SMILES string of the molecule is Cc1n[nH]c(C)c1CN1CC[C@]2(CCCN(C3CCCC3)C2=O)C1. The maximum Gasteiger partial charge on any atom is 0.230 e. The Labute approximate surface area is 144 Å². The van der Waals surface area contributed by atoms with Crippen LogP contribution in [0, 0.1) is 19.3 Å². The van der Waals surface area contributed by atoms with E-state index in [2.05, 4.69) is 33.8 Å². The second-order valence-corrected chi connectivity index (χ2v) is 8.19. The van der Waals surface area contributed by atoms with Crippen molar-refractivity contribution in [3.05, 3.63) is 17.0 Å². The minimum Gasteiger partial charge on any atom is -0.339 e. The van der Waals surface area contributed by atoms with E-state index in [-0.39, 0.29) is 5.41 Å². The molecular weight excluding hydrogens is 300 g/mol. The minimum absolute atomic E-state index is 0.105. The van der Waals surface area contributed by atoms with Crippen LogP contribution in [0.4, 0.5) is 0 Å². The van der Waals surface area contributed by atoms with E-state index in [4.69, 9.17) is 0 Å². The van der Waals surface area contributed by atoms with Gasteiger partial charge < -0.3 is 4.90 Å². The van der Waals surface area contributed by atoms with Gasteiger partial charge in [0.15, 0.2) is 0 Å². The first-order chi connectivity index (χ1) is 11.6. The van der Waals surface area contributed by atoms with E-state index >= 15 is 0 Å². The molecule has 3 aliphatic rings. The number of aromatic amines is 1. The van der Waals surface area contributed by atoms with Gasteiger partial charge >= 0.3 is 0 Å². The average Bonchev–Trinajstić information content (AvgIpc) is 3.29. The summed E-state index contributed by atoms with van der Waals surface area (Å²) in [7, 11) is 0. The van der Waals surface area contributed by atoms with Gasteiger partial charge in [-0.3, -0.25) is 14.8 Å². The van der Waals surface area contributed by atoms with Crippen LogP contribution in [0.25, 0.3) is 0 Å². The summed E-state index contributed by atoms with van der Waals surface area (Å²) >= 11 is 0. The van der Waals surface area contributed by atoms with Crippen LogP contribution in [0.1, 0.15) is 61.9 Å². The van der Waals surface area contributed by atoms with Gasteiger partial charge in [0.25, 0.3) is 0 Å². The maximum atomic E-state index is 13.3. The highest BCUT2D eigenvalue weighted by Crippen LogP contribution is 2.42. The van der Waals surface area contributed by atoms with Crippen molar-refractivity contribution in [3.8, 4) is 0 Å². The van der Waals surface area contributed by atoms with Gasteiger partial charge in [-0.1, -0.05) is 12.8 Å². The number of hydrogen-bond donors (Lipinski definition) is 1. The normalized spacial score (nSPS) is 29.2. The van der Waals surface area contributed by atoms with Crippen molar-refractivity contribution in [2.75, 3.05) is 19.6 Å². The Morgan fingerprint density at radius 2 is 1.96 bits per heavy atom. The van der Waals surface area contributed by atoms with Crippen LogP contribution in [0.2, 0.25) is 0 Å². The number of rotatable bonds is 3. The van der Waals surface area contributed by atoms with E-state index in [0.29, 0.717) is 11.9 Å². The first-order valence-corrected chi connectivity index (χ1v) is 9.63. The fraction of sp³-hybridized carbons (Fsp3) is 0.789. The van der Waals surface area contributed by atoms with Crippen LogP contribution in [0.15, 0.2) is 0 Å². The zero-order valence-corrected chi connectivity index (χ0v) is 15.1. The zero-order valence-electron chi connectivity index (χ0n) is 15.1. The van der Waals surface area contributed by atoms with Crippen molar-refractivity contribution in [2.45, 2.75) is 71.4 Å². The Hall–Kier alpha value is -1.36. The van der Waals surface area contributed by atoms with E-state index in [9.17, 15) is 4.79 Å². The number of piperidine rings is 1. The van der Waals surface area contributed by atoms with Crippen LogP contribution in [0.5, 0.6) is 0 Å². The molecule has 1 aromatic rings. The summed E-state index contributed by atoms with van der Waals surface area (Å²) in [4.78, 5) is 18.0. The molecule has 1 amide bonds. The third kappa shape index (κ3) is 2.67. The highest BCUT2D eigenvalue weighted by Gasteiger charge is 2.49. The summed E-state index contributed by atoms with van der Waals surface area (Å²) in [5.74, 6) is 0.462. The second-order valence-electron chi connectivity index (χ2n) is 8.19. The maximum absolute atomic E-state index is 13.3. The van der Waals surface area contributed by atoms with Crippen molar-refractivity contribution in [3.63, 3.8) is 0 Å². The fourth-order valence-corrected chi connectivity index (χ4v) is 5.17. The lowest BCUT2D eigenvalue weighted by Gasteiger charge is -2.42. The molecule has 0 bridgehead atoms. The van der Waals surface area contributed by atoms with Gasteiger partial charge in [-0.25, -0.2) is 0 Å². The van der Waals surface area contributed by atoms with Gasteiger partial charge in [0.1, 0.15) is 0 Å². The first kappa shape index (κ1) is 16.1. The van der Waals surface area contributed by atoms with Crippen molar-refractivity contribution in [1.29, 1.82) is 0 Å². The summed E-state index contributed by atoms with van der Waals surface area (Å²) in [6.07, 6.45) is 8.33. The van der Waals surface area contributed by atoms with Crippen LogP contribution in [-0.4, -0.2) is 51.6 Å². The van der Waals surface area contributed by atoms with Gasteiger partial charge in [-0.15, -0.1) is 0 Å². The molecule has 0 unspecified atom stereocenters. The van der Waals surface area contributed by atoms with Gasteiger partial charge in [-0.2, -0.15) is 5.10 Å². The second kappa shape index (κ2) is 6.17. The molecule has 1 aliphatic carbocycles. The molecule has 1 N–H and O–H groups in total. The van der Waals surface area contributed by atoms with Crippen LogP contribution in [-0.2, 0) is 11.3 Å². The molecule has 0 aromatic carbocycles. The molecule has 1 atom stereocenters. The van der Waals surface area contributed by atoms with Crippen LogP contribution in [0.3, 0.4) is 0 Å². The van der Waals surface area contributed by atoms with Crippen molar-refractivity contribution < 1.29 is 4.79 Å². The van der Waals surface area contributed by atoms with Gasteiger partial charge in [0.05, 0.1) is 11.1 Å². The van der Waals surface area contributed by atoms with E-state index in [0.717, 1.165) is 50.4 Å². The molecule has 2 aliphatic heterocycles. The minimum atomic E-state index is -0.105. The molecule has 5 nitrogen and oxygen atoms in total. The fourth-order valence-electron chi connectivity index (χ4n) is 5.17. The number of amides is 1. The van der Waals surface area contributed by atoms with Crippen LogP contribution >= 0.6 is 0 Å². The molecule has 5 heteroatoms. The van der Waals surface area contributed by atoms with Gasteiger partial charge in [0, 0.05) is 36.9 Å². The number of nitrogens with zero attached hydrogens (tertiary/aromatic N) is 3. The molecule has 3 heterocycles. The van der Waals surface area contributed by atoms with Crippen molar-refractivity contribution in [1.82, 2.24) is 20.0 Å². The molecule has 0 radical (unpaired) electrons. The predicted octanol–water partition coefficient (Wildman–Crippen LogP) is 2.78. The lowest BCUT2D eigenvalue weighted by Crippen LogP contribution is -2.53. The number of carbonyl (C=O) groups is 1. The highest BCUT2D eigenvalue weighted by atomic mass is 16.2. The quantitative estimate of drug-likeness (QED) is 0.927. The summed E-state index contributed by atoms with van der Waals surface area (Å²) < 4.78 is 0. The predicted molar refractivity (Wildman–Crippen MR) is 93.6 cm³/mol. The number of hydrogen-bond acceptors (Lipinski definition) is 3. The number of aryl methyl sites for hydroxylation is 2. The lowest BCUT2D eigenvalue weighted by molar-refractivity contribution is -0.148. The number of H-pyrrole nitrogens is 1. The first-order valence-electron chi connectivity index (χ1n) is 9.63. The number of carbonyl (C=O) groups excluding carboxylic acids is 1. The monoisotopic (exact) mass is 330 g/mol. The molecule has 24 heavy (non-hydrogen) atoms. The Bertz CT molecular complexity index is 599. The van der Waals surface area contributed by atoms with Gasteiger partial charge in [0.2, 0.25) is 5.91 Å².